The zero-order valence-electron chi connectivity index (χ0n) is 15.0. The summed E-state index contributed by atoms with van der Waals surface area (Å²) in [5.74, 6) is -0.984. The minimum absolute atomic E-state index is 0.0190. The standard InChI is InChI=1S/C20H15FN4O3S/c21-16-9-18(12-22-11-16)29(27,28)17-4-1-14(2-5-17)10-24-20(26)15-3-6-19-23-7-8-25(19)13-15/h1-9,11-13H,10H2,(H,24,26). The Balaban J connectivity index is 1.46. The van der Waals surface area contributed by atoms with Crippen molar-refractivity contribution in [2.45, 2.75) is 16.3 Å². The van der Waals surface area contributed by atoms with Gasteiger partial charge in [0.2, 0.25) is 9.84 Å². The number of imidazole rings is 1. The van der Waals surface area contributed by atoms with Crippen molar-refractivity contribution in [3.8, 4) is 0 Å². The van der Waals surface area contributed by atoms with Crippen LogP contribution in [0.4, 0.5) is 4.39 Å². The van der Waals surface area contributed by atoms with E-state index in [0.717, 1.165) is 29.7 Å². The lowest BCUT2D eigenvalue weighted by molar-refractivity contribution is 0.0950. The second-order valence-corrected chi connectivity index (χ2v) is 8.23. The maximum atomic E-state index is 13.3. The summed E-state index contributed by atoms with van der Waals surface area (Å²) in [6, 6.07) is 10.4. The number of pyridine rings is 2. The van der Waals surface area contributed by atoms with Crippen molar-refractivity contribution in [2.75, 3.05) is 0 Å². The first-order valence-electron chi connectivity index (χ1n) is 8.59. The molecule has 0 saturated carbocycles. The summed E-state index contributed by atoms with van der Waals surface area (Å²) in [4.78, 5) is 19.9. The fraction of sp³-hybridized carbons (Fsp3) is 0.0500. The minimum Gasteiger partial charge on any atom is -0.348 e. The van der Waals surface area contributed by atoms with Crippen LogP contribution in [0.1, 0.15) is 15.9 Å². The van der Waals surface area contributed by atoms with Crippen LogP contribution in [0.15, 0.2) is 83.2 Å². The van der Waals surface area contributed by atoms with Gasteiger partial charge in [0.1, 0.15) is 11.5 Å². The van der Waals surface area contributed by atoms with E-state index in [2.05, 4.69) is 15.3 Å². The number of aromatic nitrogens is 3. The zero-order chi connectivity index (χ0) is 20.4. The molecule has 4 rings (SSSR count). The highest BCUT2D eigenvalue weighted by molar-refractivity contribution is 7.91. The SMILES string of the molecule is O=C(NCc1ccc(S(=O)(=O)c2cncc(F)c2)cc1)c1ccc2nccn2c1. The number of carbonyl (C=O) groups excluding carboxylic acids is 1. The van der Waals surface area contributed by atoms with Crippen LogP contribution in [-0.2, 0) is 16.4 Å². The number of carbonyl (C=O) groups is 1. The number of fused-ring (bicyclic) bond motifs is 1. The molecule has 0 aliphatic rings. The first-order valence-corrected chi connectivity index (χ1v) is 10.1. The van der Waals surface area contributed by atoms with Crippen LogP contribution in [0.5, 0.6) is 0 Å². The fourth-order valence-electron chi connectivity index (χ4n) is 2.80. The number of halogens is 1. The van der Waals surface area contributed by atoms with Crippen molar-refractivity contribution in [1.82, 2.24) is 19.7 Å². The monoisotopic (exact) mass is 410 g/mol. The molecule has 0 bridgehead atoms. The third-order valence-electron chi connectivity index (χ3n) is 4.33. The van der Waals surface area contributed by atoms with E-state index in [-0.39, 0.29) is 22.2 Å². The van der Waals surface area contributed by atoms with Gasteiger partial charge in [-0.2, -0.15) is 0 Å². The number of sulfone groups is 1. The zero-order valence-corrected chi connectivity index (χ0v) is 15.8. The summed E-state index contributed by atoms with van der Waals surface area (Å²) in [7, 11) is -3.87. The van der Waals surface area contributed by atoms with Crippen molar-refractivity contribution in [3.05, 3.63) is 90.4 Å². The van der Waals surface area contributed by atoms with Crippen LogP contribution in [0, 0.1) is 5.82 Å². The van der Waals surface area contributed by atoms with Crippen molar-refractivity contribution in [2.24, 2.45) is 0 Å². The number of benzene rings is 1. The molecule has 3 heterocycles. The molecule has 3 aromatic heterocycles. The summed E-state index contributed by atoms with van der Waals surface area (Å²) < 4.78 is 40.1. The van der Waals surface area contributed by atoms with Crippen molar-refractivity contribution in [3.63, 3.8) is 0 Å². The van der Waals surface area contributed by atoms with Gasteiger partial charge in [-0.15, -0.1) is 0 Å². The quantitative estimate of drug-likeness (QED) is 0.546. The molecule has 1 aromatic carbocycles. The Kier molecular flexibility index (Phi) is 4.81. The molecule has 29 heavy (non-hydrogen) atoms. The normalized spacial score (nSPS) is 11.5. The van der Waals surface area contributed by atoms with E-state index in [0.29, 0.717) is 5.56 Å². The smallest absolute Gasteiger partial charge is 0.253 e. The summed E-state index contributed by atoms with van der Waals surface area (Å²) in [5, 5.41) is 2.79. The number of hydrogen-bond donors (Lipinski definition) is 1. The van der Waals surface area contributed by atoms with Gasteiger partial charge < -0.3 is 9.72 Å². The number of rotatable bonds is 5. The average Bonchev–Trinajstić information content (AvgIpc) is 3.20. The van der Waals surface area contributed by atoms with Gasteiger partial charge >= 0.3 is 0 Å². The van der Waals surface area contributed by atoms with E-state index < -0.39 is 15.7 Å². The predicted octanol–water partition coefficient (Wildman–Crippen LogP) is 2.63. The first-order chi connectivity index (χ1) is 13.9. The Labute approximate surface area is 165 Å². The van der Waals surface area contributed by atoms with Crippen molar-refractivity contribution < 1.29 is 17.6 Å². The predicted molar refractivity (Wildman–Crippen MR) is 102 cm³/mol. The second kappa shape index (κ2) is 7.44. The summed E-state index contributed by atoms with van der Waals surface area (Å²) >= 11 is 0. The Morgan fingerprint density at radius 1 is 1.07 bits per heavy atom. The maximum absolute atomic E-state index is 13.3. The van der Waals surface area contributed by atoms with Crippen molar-refractivity contribution >= 4 is 21.4 Å². The molecule has 7 nitrogen and oxygen atoms in total. The maximum Gasteiger partial charge on any atom is 0.253 e. The molecule has 0 fully saturated rings. The Morgan fingerprint density at radius 3 is 2.62 bits per heavy atom. The third-order valence-corrected chi connectivity index (χ3v) is 6.06. The second-order valence-electron chi connectivity index (χ2n) is 6.28. The highest BCUT2D eigenvalue weighted by atomic mass is 32.2. The highest BCUT2D eigenvalue weighted by Gasteiger charge is 2.18. The molecule has 0 radical (unpaired) electrons. The van der Waals surface area contributed by atoms with Crippen LogP contribution in [0.3, 0.4) is 0 Å². The number of nitrogens with one attached hydrogen (secondary N) is 1. The lowest BCUT2D eigenvalue weighted by Gasteiger charge is -2.08. The van der Waals surface area contributed by atoms with Crippen molar-refractivity contribution in [1.29, 1.82) is 0 Å². The average molecular weight is 410 g/mol. The van der Waals surface area contributed by atoms with Gasteiger partial charge in [0.15, 0.2) is 0 Å². The topological polar surface area (TPSA) is 93.4 Å². The number of amides is 1. The number of nitrogens with zero attached hydrogens (tertiary/aromatic N) is 3. The molecule has 0 aliphatic carbocycles. The van der Waals surface area contributed by atoms with Gasteiger partial charge in [0.05, 0.1) is 21.6 Å². The van der Waals surface area contributed by atoms with Gasteiger partial charge in [0.25, 0.3) is 5.91 Å². The van der Waals surface area contributed by atoms with Crippen LogP contribution >= 0.6 is 0 Å². The van der Waals surface area contributed by atoms with Gasteiger partial charge in [-0.1, -0.05) is 12.1 Å². The Morgan fingerprint density at radius 2 is 1.86 bits per heavy atom. The van der Waals surface area contributed by atoms with E-state index in [1.807, 2.05) is 0 Å². The van der Waals surface area contributed by atoms with Gasteiger partial charge in [-0.25, -0.2) is 17.8 Å². The summed E-state index contributed by atoms with van der Waals surface area (Å²) in [6.45, 7) is 0.225. The third kappa shape index (κ3) is 3.85. The molecule has 1 N–H and O–H groups in total. The fourth-order valence-corrected chi connectivity index (χ4v) is 4.03. The molecule has 1 amide bonds. The lowest BCUT2D eigenvalue weighted by Crippen LogP contribution is -2.23. The minimum atomic E-state index is -3.87. The van der Waals surface area contributed by atoms with Crippen LogP contribution in [-0.4, -0.2) is 28.7 Å². The molecule has 0 aliphatic heterocycles. The Hall–Kier alpha value is -3.59. The van der Waals surface area contributed by atoms with Crippen LogP contribution in [0.25, 0.3) is 5.65 Å². The van der Waals surface area contributed by atoms with E-state index in [1.54, 1.807) is 47.3 Å². The molecule has 0 saturated heterocycles. The van der Waals surface area contributed by atoms with Crippen LogP contribution in [0.2, 0.25) is 0 Å². The van der Waals surface area contributed by atoms with Gasteiger partial charge in [-0.3, -0.25) is 9.78 Å². The first kappa shape index (κ1) is 18.8. The van der Waals surface area contributed by atoms with Gasteiger partial charge in [0, 0.05) is 31.3 Å². The molecule has 146 valence electrons. The van der Waals surface area contributed by atoms with E-state index in [1.165, 1.54) is 12.1 Å². The summed E-state index contributed by atoms with van der Waals surface area (Å²) in [5.41, 5.74) is 1.94. The number of hydrogen-bond acceptors (Lipinski definition) is 5. The van der Waals surface area contributed by atoms with E-state index >= 15 is 0 Å². The Bertz CT molecular complexity index is 1300. The largest absolute Gasteiger partial charge is 0.348 e. The van der Waals surface area contributed by atoms with Gasteiger partial charge in [-0.05, 0) is 35.9 Å². The molecule has 4 aromatic rings. The molecule has 0 spiro atoms. The lowest BCUT2D eigenvalue weighted by atomic mass is 10.2. The molecular formula is C20H15FN4O3S. The molecular weight excluding hydrogens is 395 g/mol. The van der Waals surface area contributed by atoms with E-state index in [4.69, 9.17) is 0 Å². The molecule has 0 atom stereocenters. The molecule has 0 unspecified atom stereocenters. The van der Waals surface area contributed by atoms with Crippen LogP contribution < -0.4 is 5.32 Å². The van der Waals surface area contributed by atoms with E-state index in [9.17, 15) is 17.6 Å². The summed E-state index contributed by atoms with van der Waals surface area (Å²) in [6.07, 6.45) is 7.12. The highest BCUT2D eigenvalue weighted by Crippen LogP contribution is 2.21. The molecule has 9 heteroatoms.